The molecule has 3 aromatic rings. The monoisotopic (exact) mass is 411 g/mol. The SMILES string of the molecule is CCc1ccc(N2C(=O)C(=O)/C(=C(/O)c3cc(C)ccc3C)C2c2ccccc2)cc1. The number of rotatable bonds is 4. The second kappa shape index (κ2) is 8.23. The molecule has 0 aromatic heterocycles. The minimum Gasteiger partial charge on any atom is -0.507 e. The van der Waals surface area contributed by atoms with Crippen molar-refractivity contribution in [1.29, 1.82) is 0 Å². The number of benzene rings is 3. The standard InChI is InChI=1S/C27H25NO3/c1-4-19-12-14-21(15-13-19)28-24(20-8-6-5-7-9-20)23(26(30)27(28)31)25(29)22-16-17(2)10-11-18(22)3/h5-16,24,29H,4H2,1-3H3/b25-23+. The number of hydrogen-bond donors (Lipinski definition) is 1. The quantitative estimate of drug-likeness (QED) is 0.351. The van der Waals surface area contributed by atoms with Crippen LogP contribution in [-0.4, -0.2) is 16.8 Å². The third-order valence-corrected chi connectivity index (χ3v) is 5.83. The van der Waals surface area contributed by atoms with Gasteiger partial charge in [-0.2, -0.15) is 0 Å². The molecule has 1 N–H and O–H groups in total. The lowest BCUT2D eigenvalue weighted by atomic mass is 9.93. The first-order valence-electron chi connectivity index (χ1n) is 10.4. The molecule has 4 heteroatoms. The van der Waals surface area contributed by atoms with Crippen LogP contribution in [0, 0.1) is 13.8 Å². The number of carbonyl (C=O) groups excluding carboxylic acids is 2. The van der Waals surface area contributed by atoms with E-state index in [2.05, 4.69) is 6.92 Å². The van der Waals surface area contributed by atoms with Crippen molar-refractivity contribution < 1.29 is 14.7 Å². The fourth-order valence-corrected chi connectivity index (χ4v) is 4.08. The molecule has 0 aliphatic carbocycles. The lowest BCUT2D eigenvalue weighted by Crippen LogP contribution is -2.29. The number of carbonyl (C=O) groups is 2. The molecule has 1 atom stereocenters. The van der Waals surface area contributed by atoms with Crippen molar-refractivity contribution in [2.75, 3.05) is 4.90 Å². The van der Waals surface area contributed by atoms with Gasteiger partial charge in [0.05, 0.1) is 11.6 Å². The molecule has 1 fully saturated rings. The van der Waals surface area contributed by atoms with E-state index < -0.39 is 17.7 Å². The van der Waals surface area contributed by atoms with Gasteiger partial charge >= 0.3 is 0 Å². The summed E-state index contributed by atoms with van der Waals surface area (Å²) in [4.78, 5) is 27.9. The van der Waals surface area contributed by atoms with Crippen LogP contribution >= 0.6 is 0 Å². The van der Waals surface area contributed by atoms with E-state index >= 15 is 0 Å². The van der Waals surface area contributed by atoms with Gasteiger partial charge in [-0.3, -0.25) is 14.5 Å². The Morgan fingerprint density at radius 3 is 2.26 bits per heavy atom. The van der Waals surface area contributed by atoms with E-state index in [0.29, 0.717) is 11.3 Å². The second-order valence-electron chi connectivity index (χ2n) is 7.92. The van der Waals surface area contributed by atoms with Gasteiger partial charge in [0.15, 0.2) is 0 Å². The van der Waals surface area contributed by atoms with E-state index in [1.54, 1.807) is 0 Å². The molecule has 156 valence electrons. The van der Waals surface area contributed by atoms with Crippen LogP contribution in [0.15, 0.2) is 78.4 Å². The highest BCUT2D eigenvalue weighted by Crippen LogP contribution is 2.42. The number of hydrogen-bond acceptors (Lipinski definition) is 3. The van der Waals surface area contributed by atoms with Crippen molar-refractivity contribution in [2.45, 2.75) is 33.2 Å². The smallest absolute Gasteiger partial charge is 0.300 e. The molecule has 1 amide bonds. The lowest BCUT2D eigenvalue weighted by molar-refractivity contribution is -0.132. The molecule has 1 aliphatic heterocycles. The van der Waals surface area contributed by atoms with Gasteiger partial charge in [-0.05, 0) is 55.2 Å². The Kier molecular flexibility index (Phi) is 5.47. The van der Waals surface area contributed by atoms with Gasteiger partial charge in [0.25, 0.3) is 11.7 Å². The highest BCUT2D eigenvalue weighted by molar-refractivity contribution is 6.51. The van der Waals surface area contributed by atoms with Crippen molar-refractivity contribution in [1.82, 2.24) is 0 Å². The minimum atomic E-state index is -0.700. The Labute approximate surface area is 182 Å². The zero-order chi connectivity index (χ0) is 22.1. The summed E-state index contributed by atoms with van der Waals surface area (Å²) in [6.07, 6.45) is 0.883. The molecule has 0 spiro atoms. The topological polar surface area (TPSA) is 57.6 Å². The van der Waals surface area contributed by atoms with Crippen molar-refractivity contribution >= 4 is 23.1 Å². The second-order valence-corrected chi connectivity index (χ2v) is 7.92. The molecule has 31 heavy (non-hydrogen) atoms. The molecule has 1 aliphatic rings. The van der Waals surface area contributed by atoms with E-state index in [9.17, 15) is 14.7 Å². The molecular formula is C27H25NO3. The summed E-state index contributed by atoms with van der Waals surface area (Å²) in [5, 5.41) is 11.3. The van der Waals surface area contributed by atoms with E-state index in [0.717, 1.165) is 28.7 Å². The third-order valence-electron chi connectivity index (χ3n) is 5.83. The van der Waals surface area contributed by atoms with Gasteiger partial charge in [-0.1, -0.05) is 67.1 Å². The summed E-state index contributed by atoms with van der Waals surface area (Å²) < 4.78 is 0. The number of anilines is 1. The van der Waals surface area contributed by atoms with Crippen molar-refractivity contribution in [3.63, 3.8) is 0 Å². The Morgan fingerprint density at radius 2 is 1.61 bits per heavy atom. The van der Waals surface area contributed by atoms with Crippen LogP contribution in [0.5, 0.6) is 0 Å². The summed E-state index contributed by atoms with van der Waals surface area (Å²) in [5.74, 6) is -1.45. The molecule has 4 nitrogen and oxygen atoms in total. The van der Waals surface area contributed by atoms with E-state index in [1.165, 1.54) is 4.90 Å². The highest BCUT2D eigenvalue weighted by atomic mass is 16.3. The third kappa shape index (κ3) is 3.66. The molecule has 1 unspecified atom stereocenters. The fourth-order valence-electron chi connectivity index (χ4n) is 4.08. The van der Waals surface area contributed by atoms with Gasteiger partial charge in [0.2, 0.25) is 0 Å². The first-order chi connectivity index (χ1) is 14.9. The maximum atomic E-state index is 13.2. The average molecular weight is 412 g/mol. The maximum absolute atomic E-state index is 13.2. The lowest BCUT2D eigenvalue weighted by Gasteiger charge is -2.25. The highest BCUT2D eigenvalue weighted by Gasteiger charge is 2.47. The molecule has 1 saturated heterocycles. The normalized spacial score (nSPS) is 17.9. The number of Topliss-reactive ketones (excluding diaryl/α,β-unsaturated/α-hetero) is 1. The zero-order valence-corrected chi connectivity index (χ0v) is 17.9. The number of nitrogens with zero attached hydrogens (tertiary/aromatic N) is 1. The summed E-state index contributed by atoms with van der Waals surface area (Å²) in [6, 6.07) is 22.0. The van der Waals surface area contributed by atoms with Crippen LogP contribution in [0.25, 0.3) is 5.76 Å². The molecule has 3 aromatic carbocycles. The summed E-state index contributed by atoms with van der Waals surface area (Å²) in [7, 11) is 0. The molecule has 4 rings (SSSR count). The number of aryl methyl sites for hydroxylation is 3. The van der Waals surface area contributed by atoms with Crippen LogP contribution in [-0.2, 0) is 16.0 Å². The Hall–Kier alpha value is -3.66. The number of ketones is 1. The van der Waals surface area contributed by atoms with Crippen molar-refractivity contribution in [2.24, 2.45) is 0 Å². The van der Waals surface area contributed by atoms with Crippen LogP contribution in [0.3, 0.4) is 0 Å². The molecular weight excluding hydrogens is 386 g/mol. The van der Waals surface area contributed by atoms with Gasteiger partial charge < -0.3 is 5.11 Å². The van der Waals surface area contributed by atoms with Gasteiger partial charge in [-0.15, -0.1) is 0 Å². The van der Waals surface area contributed by atoms with Gasteiger partial charge in [0.1, 0.15) is 5.76 Å². The van der Waals surface area contributed by atoms with E-state index in [1.807, 2.05) is 86.6 Å². The maximum Gasteiger partial charge on any atom is 0.300 e. The Balaban J connectivity index is 1.94. The Bertz CT molecular complexity index is 1180. The van der Waals surface area contributed by atoms with Crippen LogP contribution < -0.4 is 4.90 Å². The Morgan fingerprint density at radius 1 is 0.935 bits per heavy atom. The molecule has 0 bridgehead atoms. The number of aliphatic hydroxyl groups is 1. The number of amides is 1. The summed E-state index contributed by atoms with van der Waals surface area (Å²) >= 11 is 0. The predicted octanol–water partition coefficient (Wildman–Crippen LogP) is 5.49. The van der Waals surface area contributed by atoms with Gasteiger partial charge in [0, 0.05) is 11.3 Å². The zero-order valence-electron chi connectivity index (χ0n) is 17.9. The van der Waals surface area contributed by atoms with Crippen LogP contribution in [0.1, 0.15) is 40.8 Å². The molecule has 0 radical (unpaired) electrons. The summed E-state index contributed by atoms with van der Waals surface area (Å²) in [6.45, 7) is 5.87. The minimum absolute atomic E-state index is 0.115. The predicted molar refractivity (Wildman–Crippen MR) is 123 cm³/mol. The van der Waals surface area contributed by atoms with Crippen LogP contribution in [0.2, 0.25) is 0 Å². The fraction of sp³-hybridized carbons (Fsp3) is 0.185. The molecule has 1 heterocycles. The first kappa shape index (κ1) is 20.6. The summed E-state index contributed by atoms with van der Waals surface area (Å²) in [5.41, 5.74) is 5.04. The largest absolute Gasteiger partial charge is 0.507 e. The first-order valence-corrected chi connectivity index (χ1v) is 10.4. The van der Waals surface area contributed by atoms with Crippen molar-refractivity contribution in [3.8, 4) is 0 Å². The van der Waals surface area contributed by atoms with E-state index in [-0.39, 0.29) is 11.3 Å². The van der Waals surface area contributed by atoms with E-state index in [4.69, 9.17) is 0 Å². The van der Waals surface area contributed by atoms with Gasteiger partial charge in [-0.25, -0.2) is 0 Å². The number of aliphatic hydroxyl groups excluding tert-OH is 1. The molecule has 0 saturated carbocycles. The average Bonchev–Trinajstić information content (AvgIpc) is 3.06. The van der Waals surface area contributed by atoms with Crippen LogP contribution in [0.4, 0.5) is 5.69 Å². The van der Waals surface area contributed by atoms with Crippen molar-refractivity contribution in [3.05, 3.63) is 106 Å².